The number of aromatic nitrogens is 3. The number of nitrogens with one attached hydrogen (secondary N) is 1. The number of hydrogen-bond acceptors (Lipinski definition) is 5. The topological polar surface area (TPSA) is 72.2 Å². The standard InChI is InChI=1S/C9H18N4O2/c1-13-8-11-12-9(13)2-3-10-4-6-15-7-5-14/h8,10,14H,2-7H2,1H3. The molecule has 0 bridgehead atoms. The molecule has 0 spiro atoms. The molecule has 86 valence electrons. The lowest BCUT2D eigenvalue weighted by atomic mass is 10.4. The van der Waals surface area contributed by atoms with E-state index in [4.69, 9.17) is 9.84 Å². The molecule has 1 aromatic heterocycles. The molecular weight excluding hydrogens is 196 g/mol. The van der Waals surface area contributed by atoms with Crippen molar-refractivity contribution < 1.29 is 9.84 Å². The van der Waals surface area contributed by atoms with E-state index >= 15 is 0 Å². The van der Waals surface area contributed by atoms with E-state index < -0.39 is 0 Å². The van der Waals surface area contributed by atoms with Gasteiger partial charge in [0.1, 0.15) is 12.2 Å². The molecule has 0 unspecified atom stereocenters. The average Bonchev–Trinajstić information content (AvgIpc) is 2.63. The molecule has 6 heteroatoms. The Morgan fingerprint density at radius 2 is 2.33 bits per heavy atom. The van der Waals surface area contributed by atoms with E-state index in [-0.39, 0.29) is 6.61 Å². The van der Waals surface area contributed by atoms with Crippen LogP contribution in [0.2, 0.25) is 0 Å². The summed E-state index contributed by atoms with van der Waals surface area (Å²) in [5.74, 6) is 0.971. The first-order chi connectivity index (χ1) is 7.34. The second kappa shape index (κ2) is 7.33. The molecule has 0 atom stereocenters. The summed E-state index contributed by atoms with van der Waals surface area (Å²) in [6.07, 6.45) is 2.55. The first-order valence-corrected chi connectivity index (χ1v) is 5.07. The maximum Gasteiger partial charge on any atom is 0.133 e. The summed E-state index contributed by atoms with van der Waals surface area (Å²) in [4.78, 5) is 0. The Morgan fingerprint density at radius 1 is 1.47 bits per heavy atom. The van der Waals surface area contributed by atoms with Crippen molar-refractivity contribution in [1.82, 2.24) is 20.1 Å². The van der Waals surface area contributed by atoms with Gasteiger partial charge in [-0.3, -0.25) is 0 Å². The van der Waals surface area contributed by atoms with Crippen molar-refractivity contribution in [2.24, 2.45) is 7.05 Å². The quantitative estimate of drug-likeness (QED) is 0.541. The van der Waals surface area contributed by atoms with Crippen molar-refractivity contribution in [3.8, 4) is 0 Å². The van der Waals surface area contributed by atoms with Gasteiger partial charge in [-0.15, -0.1) is 10.2 Å². The molecule has 0 aliphatic heterocycles. The highest BCUT2D eigenvalue weighted by atomic mass is 16.5. The van der Waals surface area contributed by atoms with E-state index in [1.54, 1.807) is 6.33 Å². The van der Waals surface area contributed by atoms with Gasteiger partial charge in [-0.05, 0) is 0 Å². The van der Waals surface area contributed by atoms with Crippen molar-refractivity contribution in [1.29, 1.82) is 0 Å². The molecule has 1 aromatic rings. The van der Waals surface area contributed by atoms with Crippen LogP contribution in [0.15, 0.2) is 6.33 Å². The highest BCUT2D eigenvalue weighted by molar-refractivity contribution is 4.84. The van der Waals surface area contributed by atoms with Crippen molar-refractivity contribution >= 4 is 0 Å². The molecule has 0 aromatic carbocycles. The molecule has 6 nitrogen and oxygen atoms in total. The third-order valence-corrected chi connectivity index (χ3v) is 1.99. The van der Waals surface area contributed by atoms with E-state index in [1.807, 2.05) is 11.6 Å². The molecule has 15 heavy (non-hydrogen) atoms. The molecule has 1 heterocycles. The number of aliphatic hydroxyl groups excluding tert-OH is 1. The Balaban J connectivity index is 1.96. The Labute approximate surface area is 89.3 Å². The minimum atomic E-state index is 0.0823. The van der Waals surface area contributed by atoms with Crippen LogP contribution < -0.4 is 5.32 Å². The molecule has 0 saturated carbocycles. The summed E-state index contributed by atoms with van der Waals surface area (Å²) in [5.41, 5.74) is 0. The van der Waals surface area contributed by atoms with Gasteiger partial charge < -0.3 is 19.7 Å². The van der Waals surface area contributed by atoms with Crippen molar-refractivity contribution in [2.45, 2.75) is 6.42 Å². The van der Waals surface area contributed by atoms with Crippen LogP contribution in [0.3, 0.4) is 0 Å². The van der Waals surface area contributed by atoms with E-state index in [0.717, 1.165) is 25.3 Å². The summed E-state index contributed by atoms with van der Waals surface area (Å²) in [6.45, 7) is 2.76. The first kappa shape index (κ1) is 12.1. The van der Waals surface area contributed by atoms with Crippen LogP contribution in [-0.2, 0) is 18.2 Å². The Morgan fingerprint density at radius 3 is 3.00 bits per heavy atom. The summed E-state index contributed by atoms with van der Waals surface area (Å²) in [7, 11) is 1.93. The second-order valence-corrected chi connectivity index (χ2v) is 3.19. The highest BCUT2D eigenvalue weighted by Gasteiger charge is 1.98. The maximum absolute atomic E-state index is 8.46. The van der Waals surface area contributed by atoms with Crippen LogP contribution in [0, 0.1) is 0 Å². The van der Waals surface area contributed by atoms with Gasteiger partial charge >= 0.3 is 0 Å². The predicted molar refractivity (Wildman–Crippen MR) is 55.5 cm³/mol. The molecule has 0 radical (unpaired) electrons. The van der Waals surface area contributed by atoms with Gasteiger partial charge in [-0.2, -0.15) is 0 Å². The van der Waals surface area contributed by atoms with Gasteiger partial charge in [0.15, 0.2) is 0 Å². The van der Waals surface area contributed by atoms with E-state index in [2.05, 4.69) is 15.5 Å². The zero-order chi connectivity index (χ0) is 10.9. The Bertz CT molecular complexity index is 264. The fraction of sp³-hybridized carbons (Fsp3) is 0.778. The van der Waals surface area contributed by atoms with E-state index in [1.165, 1.54) is 0 Å². The van der Waals surface area contributed by atoms with Crippen LogP contribution in [0.1, 0.15) is 5.82 Å². The Hall–Kier alpha value is -0.980. The van der Waals surface area contributed by atoms with Crippen molar-refractivity contribution in [3.05, 3.63) is 12.2 Å². The molecular formula is C9H18N4O2. The van der Waals surface area contributed by atoms with E-state index in [0.29, 0.717) is 13.2 Å². The molecule has 0 fully saturated rings. The number of aryl methyl sites for hydroxylation is 1. The van der Waals surface area contributed by atoms with Gasteiger partial charge in [0, 0.05) is 26.6 Å². The summed E-state index contributed by atoms with van der Waals surface area (Å²) in [5, 5.41) is 19.4. The maximum atomic E-state index is 8.46. The SMILES string of the molecule is Cn1cnnc1CCNCCOCCO. The van der Waals surface area contributed by atoms with Crippen molar-refractivity contribution in [3.63, 3.8) is 0 Å². The van der Waals surface area contributed by atoms with Crippen LogP contribution in [-0.4, -0.2) is 52.8 Å². The first-order valence-electron chi connectivity index (χ1n) is 5.07. The molecule has 0 aliphatic carbocycles. The number of ether oxygens (including phenoxy) is 1. The van der Waals surface area contributed by atoms with Gasteiger partial charge in [0.25, 0.3) is 0 Å². The molecule has 0 saturated heterocycles. The summed E-state index contributed by atoms with van der Waals surface area (Å²) >= 11 is 0. The highest BCUT2D eigenvalue weighted by Crippen LogP contribution is 1.90. The van der Waals surface area contributed by atoms with Crippen LogP contribution in [0.4, 0.5) is 0 Å². The van der Waals surface area contributed by atoms with Crippen LogP contribution in [0.25, 0.3) is 0 Å². The molecule has 0 aliphatic rings. The lowest BCUT2D eigenvalue weighted by Crippen LogP contribution is -2.23. The molecule has 2 N–H and O–H groups in total. The zero-order valence-electron chi connectivity index (χ0n) is 9.02. The third-order valence-electron chi connectivity index (χ3n) is 1.99. The number of nitrogens with zero attached hydrogens (tertiary/aromatic N) is 3. The van der Waals surface area contributed by atoms with Gasteiger partial charge in [0.2, 0.25) is 0 Å². The van der Waals surface area contributed by atoms with Crippen molar-refractivity contribution in [2.75, 3.05) is 32.9 Å². The molecule has 0 amide bonds. The zero-order valence-corrected chi connectivity index (χ0v) is 9.02. The minimum absolute atomic E-state index is 0.0823. The fourth-order valence-corrected chi connectivity index (χ4v) is 1.17. The van der Waals surface area contributed by atoms with Gasteiger partial charge in [0.05, 0.1) is 19.8 Å². The number of hydrogen-bond donors (Lipinski definition) is 2. The average molecular weight is 214 g/mol. The smallest absolute Gasteiger partial charge is 0.133 e. The number of rotatable bonds is 8. The van der Waals surface area contributed by atoms with Gasteiger partial charge in [-0.1, -0.05) is 0 Å². The lowest BCUT2D eigenvalue weighted by Gasteiger charge is -2.04. The van der Waals surface area contributed by atoms with E-state index in [9.17, 15) is 0 Å². The fourth-order valence-electron chi connectivity index (χ4n) is 1.17. The molecule has 1 rings (SSSR count). The third kappa shape index (κ3) is 4.87. The Kier molecular flexibility index (Phi) is 5.91. The predicted octanol–water partition coefficient (Wildman–Crippen LogP) is -1.04. The normalized spacial score (nSPS) is 10.8. The number of aliphatic hydroxyl groups is 1. The van der Waals surface area contributed by atoms with Gasteiger partial charge in [-0.25, -0.2) is 0 Å². The largest absolute Gasteiger partial charge is 0.394 e. The van der Waals surface area contributed by atoms with Crippen LogP contribution in [0.5, 0.6) is 0 Å². The van der Waals surface area contributed by atoms with Crippen LogP contribution >= 0.6 is 0 Å². The lowest BCUT2D eigenvalue weighted by molar-refractivity contribution is 0.0940. The summed E-state index contributed by atoms with van der Waals surface area (Å²) in [6, 6.07) is 0. The minimum Gasteiger partial charge on any atom is -0.394 e. The monoisotopic (exact) mass is 214 g/mol. The summed E-state index contributed by atoms with van der Waals surface area (Å²) < 4.78 is 7.00. The second-order valence-electron chi connectivity index (χ2n) is 3.19.